The molecule has 1 aromatic heterocycles. The molecular weight excluding hydrogens is 228 g/mol. The Morgan fingerprint density at radius 2 is 2.17 bits per heavy atom. The van der Waals surface area contributed by atoms with E-state index in [0.717, 1.165) is 25.8 Å². The second-order valence-corrected chi connectivity index (χ2v) is 6.27. The van der Waals surface area contributed by atoms with Gasteiger partial charge in [-0.3, -0.25) is 4.68 Å². The van der Waals surface area contributed by atoms with Gasteiger partial charge in [0.25, 0.3) is 0 Å². The van der Waals surface area contributed by atoms with Gasteiger partial charge in [-0.25, -0.2) is 0 Å². The molecule has 5 nitrogen and oxygen atoms in total. The van der Waals surface area contributed by atoms with E-state index >= 15 is 0 Å². The minimum absolute atomic E-state index is 0.0421. The number of ether oxygens (including phenoxy) is 1. The minimum Gasteiger partial charge on any atom is -0.456 e. The van der Waals surface area contributed by atoms with Gasteiger partial charge in [-0.05, 0) is 53.0 Å². The lowest BCUT2D eigenvalue weighted by molar-refractivity contribution is -0.0227. The van der Waals surface area contributed by atoms with Crippen LogP contribution in [-0.2, 0) is 7.05 Å². The molecule has 1 aromatic rings. The Kier molecular flexibility index (Phi) is 3.61. The molecule has 0 unspecified atom stereocenters. The molecule has 2 rings (SSSR count). The van der Waals surface area contributed by atoms with Crippen molar-refractivity contribution in [3.63, 3.8) is 0 Å². The number of hydrogen-bond donors (Lipinski definition) is 1. The van der Waals surface area contributed by atoms with Crippen molar-refractivity contribution in [3.05, 3.63) is 6.33 Å². The molecule has 1 aliphatic carbocycles. The molecule has 5 heteroatoms. The van der Waals surface area contributed by atoms with Gasteiger partial charge in [0.2, 0.25) is 0 Å². The van der Waals surface area contributed by atoms with E-state index in [1.54, 1.807) is 11.0 Å². The molecule has 1 heterocycles. The molecule has 0 aliphatic heterocycles. The normalized spacial score (nSPS) is 18.4. The van der Waals surface area contributed by atoms with Crippen LogP contribution >= 0.6 is 0 Å². The zero-order chi connectivity index (χ0) is 13.2. The van der Waals surface area contributed by atoms with Crippen LogP contribution in [0, 0.1) is 0 Å². The van der Waals surface area contributed by atoms with E-state index in [4.69, 9.17) is 4.74 Å². The average molecular weight is 252 g/mol. The third-order valence-electron chi connectivity index (χ3n) is 3.39. The van der Waals surface area contributed by atoms with E-state index < -0.39 is 0 Å². The largest absolute Gasteiger partial charge is 0.456 e. The fourth-order valence-electron chi connectivity index (χ4n) is 2.20. The predicted molar refractivity (Wildman–Crippen MR) is 70.6 cm³/mol. The molecule has 0 atom stereocenters. The predicted octanol–water partition coefficient (Wildman–Crippen LogP) is 1.89. The van der Waals surface area contributed by atoms with Gasteiger partial charge >= 0.3 is 6.01 Å². The van der Waals surface area contributed by atoms with Crippen molar-refractivity contribution in [1.29, 1.82) is 0 Å². The van der Waals surface area contributed by atoms with Crippen LogP contribution in [0.2, 0.25) is 0 Å². The molecule has 1 saturated carbocycles. The summed E-state index contributed by atoms with van der Waals surface area (Å²) in [5, 5.41) is 7.71. The van der Waals surface area contributed by atoms with Crippen LogP contribution in [0.25, 0.3) is 0 Å². The molecule has 1 aliphatic rings. The number of aryl methyl sites for hydroxylation is 1. The van der Waals surface area contributed by atoms with Crippen molar-refractivity contribution in [2.24, 2.45) is 7.05 Å². The van der Waals surface area contributed by atoms with Crippen LogP contribution < -0.4 is 10.1 Å². The molecule has 1 N–H and O–H groups in total. The standard InChI is InChI=1S/C13H24N4O/c1-12(2,3)15-9-8-13(6-5-7-13)18-11-14-10-17(4)16-11/h10,15H,5-9H2,1-4H3. The first-order chi connectivity index (χ1) is 8.39. The highest BCUT2D eigenvalue weighted by Gasteiger charge is 2.40. The number of nitrogens with one attached hydrogen (secondary N) is 1. The van der Waals surface area contributed by atoms with Crippen LogP contribution in [0.4, 0.5) is 0 Å². The summed E-state index contributed by atoms with van der Waals surface area (Å²) in [7, 11) is 1.86. The number of nitrogens with zero attached hydrogens (tertiary/aromatic N) is 3. The molecule has 0 amide bonds. The monoisotopic (exact) mass is 252 g/mol. The third-order valence-corrected chi connectivity index (χ3v) is 3.39. The Morgan fingerprint density at radius 1 is 1.44 bits per heavy atom. The summed E-state index contributed by atoms with van der Waals surface area (Å²) in [6, 6.07) is 0.507. The Balaban J connectivity index is 1.86. The highest BCUT2D eigenvalue weighted by Crippen LogP contribution is 2.38. The van der Waals surface area contributed by atoms with Crippen molar-refractivity contribution in [2.45, 2.75) is 57.6 Å². The minimum atomic E-state index is -0.0421. The van der Waals surface area contributed by atoms with E-state index in [-0.39, 0.29) is 11.1 Å². The Labute approximate surface area is 109 Å². The zero-order valence-electron chi connectivity index (χ0n) is 11.9. The van der Waals surface area contributed by atoms with Crippen molar-refractivity contribution in [2.75, 3.05) is 6.54 Å². The molecule has 1 fully saturated rings. The van der Waals surface area contributed by atoms with E-state index in [1.807, 2.05) is 7.05 Å². The van der Waals surface area contributed by atoms with Gasteiger partial charge in [-0.15, -0.1) is 5.10 Å². The smallest absolute Gasteiger partial charge is 0.335 e. The summed E-state index contributed by atoms with van der Waals surface area (Å²) < 4.78 is 7.67. The molecule has 0 radical (unpaired) electrons. The first-order valence-electron chi connectivity index (χ1n) is 6.68. The van der Waals surface area contributed by atoms with Gasteiger partial charge in [0, 0.05) is 12.6 Å². The summed E-state index contributed by atoms with van der Waals surface area (Å²) in [5.41, 5.74) is 0.119. The van der Waals surface area contributed by atoms with Crippen molar-refractivity contribution >= 4 is 0 Å². The topological polar surface area (TPSA) is 52.0 Å². The van der Waals surface area contributed by atoms with Gasteiger partial charge < -0.3 is 10.1 Å². The van der Waals surface area contributed by atoms with Crippen LogP contribution in [0.5, 0.6) is 6.01 Å². The maximum absolute atomic E-state index is 5.99. The zero-order valence-corrected chi connectivity index (χ0v) is 11.9. The SMILES string of the molecule is Cn1cnc(OC2(CCNC(C)(C)C)CCC2)n1. The van der Waals surface area contributed by atoms with Crippen LogP contribution in [0.3, 0.4) is 0 Å². The summed E-state index contributed by atoms with van der Waals surface area (Å²) in [4.78, 5) is 4.15. The molecule has 0 bridgehead atoms. The van der Waals surface area contributed by atoms with Crippen LogP contribution in [0.1, 0.15) is 46.5 Å². The van der Waals surface area contributed by atoms with Gasteiger partial charge in [-0.1, -0.05) is 0 Å². The Morgan fingerprint density at radius 3 is 2.61 bits per heavy atom. The number of aromatic nitrogens is 3. The molecule has 0 aromatic carbocycles. The van der Waals surface area contributed by atoms with Gasteiger partial charge in [-0.2, -0.15) is 4.98 Å². The first kappa shape index (κ1) is 13.3. The summed E-state index contributed by atoms with van der Waals surface area (Å²) in [6.45, 7) is 7.52. The summed E-state index contributed by atoms with van der Waals surface area (Å²) in [6.07, 6.45) is 6.15. The molecule has 18 heavy (non-hydrogen) atoms. The molecular formula is C13H24N4O. The number of hydrogen-bond acceptors (Lipinski definition) is 4. The van der Waals surface area contributed by atoms with E-state index in [1.165, 1.54) is 6.42 Å². The average Bonchev–Trinajstić information content (AvgIpc) is 2.58. The van der Waals surface area contributed by atoms with Crippen molar-refractivity contribution in [1.82, 2.24) is 20.1 Å². The quantitative estimate of drug-likeness (QED) is 0.869. The fourth-order valence-corrected chi connectivity index (χ4v) is 2.20. The van der Waals surface area contributed by atoms with Gasteiger partial charge in [0.05, 0.1) is 0 Å². The highest BCUT2D eigenvalue weighted by atomic mass is 16.5. The van der Waals surface area contributed by atoms with Gasteiger partial charge in [0.1, 0.15) is 11.9 Å². The molecule has 0 spiro atoms. The lowest BCUT2D eigenvalue weighted by Crippen LogP contribution is -2.47. The van der Waals surface area contributed by atoms with E-state index in [0.29, 0.717) is 6.01 Å². The summed E-state index contributed by atoms with van der Waals surface area (Å²) in [5.74, 6) is 0. The Bertz CT molecular complexity index is 390. The lowest BCUT2D eigenvalue weighted by Gasteiger charge is -2.41. The molecule has 102 valence electrons. The van der Waals surface area contributed by atoms with Crippen LogP contribution in [0.15, 0.2) is 6.33 Å². The van der Waals surface area contributed by atoms with Crippen molar-refractivity contribution < 1.29 is 4.74 Å². The van der Waals surface area contributed by atoms with E-state index in [2.05, 4.69) is 36.2 Å². The maximum atomic E-state index is 5.99. The maximum Gasteiger partial charge on any atom is 0.335 e. The fraction of sp³-hybridized carbons (Fsp3) is 0.846. The van der Waals surface area contributed by atoms with Gasteiger partial charge in [0.15, 0.2) is 0 Å². The third kappa shape index (κ3) is 3.45. The second kappa shape index (κ2) is 4.88. The highest BCUT2D eigenvalue weighted by molar-refractivity contribution is 4.99. The lowest BCUT2D eigenvalue weighted by atomic mass is 9.77. The second-order valence-electron chi connectivity index (χ2n) is 6.27. The summed E-state index contributed by atoms with van der Waals surface area (Å²) >= 11 is 0. The Hall–Kier alpha value is -1.10. The molecule has 0 saturated heterocycles. The number of rotatable bonds is 5. The van der Waals surface area contributed by atoms with E-state index in [9.17, 15) is 0 Å². The van der Waals surface area contributed by atoms with Crippen molar-refractivity contribution in [3.8, 4) is 6.01 Å². The van der Waals surface area contributed by atoms with Crippen LogP contribution in [-0.4, -0.2) is 32.4 Å². The first-order valence-corrected chi connectivity index (χ1v) is 6.68.